The molecule has 2 N–H and O–H groups in total. The van der Waals surface area contributed by atoms with Crippen LogP contribution in [0.25, 0.3) is 11.1 Å². The lowest BCUT2D eigenvalue weighted by atomic mass is 10.0. The average Bonchev–Trinajstić information content (AvgIpc) is 3.01. The minimum atomic E-state index is -0.268. The number of benzene rings is 4. The molecule has 1 aliphatic heterocycles. The zero-order valence-corrected chi connectivity index (χ0v) is 23.0. The third-order valence-electron chi connectivity index (χ3n) is 6.88. The van der Waals surface area contributed by atoms with Crippen molar-refractivity contribution in [2.45, 2.75) is 0 Å². The number of hydrogen-bond donors (Lipinski definition) is 2. The molecule has 4 aromatic carbocycles. The molecule has 7 nitrogen and oxygen atoms in total. The van der Waals surface area contributed by atoms with Crippen LogP contribution in [0, 0.1) is 0 Å². The summed E-state index contributed by atoms with van der Waals surface area (Å²) in [4.78, 5) is 29.6. The number of piperazine rings is 1. The first-order valence-electron chi connectivity index (χ1n) is 13.1. The number of nitrogens with one attached hydrogen (secondary N) is 2. The molecule has 0 unspecified atom stereocenters. The largest absolute Gasteiger partial charge is 0.497 e. The SMILES string of the molecule is COc1ccc(C(=O)N2CCN(c3ccc(NC(=S)NC(=O)c4ccc(-c5ccccc5)cc4)cc3)CC2)cc1. The summed E-state index contributed by atoms with van der Waals surface area (Å²) in [5.74, 6) is 0.497. The van der Waals surface area contributed by atoms with Gasteiger partial charge < -0.3 is 19.9 Å². The molecular weight excluding hydrogens is 520 g/mol. The number of amides is 2. The monoisotopic (exact) mass is 550 g/mol. The molecule has 0 radical (unpaired) electrons. The van der Waals surface area contributed by atoms with Crippen molar-refractivity contribution in [3.05, 3.63) is 114 Å². The third kappa shape index (κ3) is 6.47. The predicted molar refractivity (Wildman–Crippen MR) is 163 cm³/mol. The van der Waals surface area contributed by atoms with E-state index in [0.717, 1.165) is 41.3 Å². The van der Waals surface area contributed by atoms with Crippen molar-refractivity contribution in [2.75, 3.05) is 43.5 Å². The molecule has 0 spiro atoms. The second kappa shape index (κ2) is 12.4. The molecule has 0 bridgehead atoms. The second-order valence-electron chi connectivity index (χ2n) is 9.41. The maximum absolute atomic E-state index is 12.8. The number of ether oxygens (including phenoxy) is 1. The summed E-state index contributed by atoms with van der Waals surface area (Å²) < 4.78 is 5.18. The average molecular weight is 551 g/mol. The molecule has 2 amide bonds. The first-order valence-corrected chi connectivity index (χ1v) is 13.5. The Morgan fingerprint density at radius 3 is 1.95 bits per heavy atom. The van der Waals surface area contributed by atoms with E-state index in [1.54, 1.807) is 43.5 Å². The van der Waals surface area contributed by atoms with Gasteiger partial charge in [-0.1, -0.05) is 42.5 Å². The summed E-state index contributed by atoms with van der Waals surface area (Å²) in [5.41, 5.74) is 5.18. The van der Waals surface area contributed by atoms with E-state index in [9.17, 15) is 9.59 Å². The van der Waals surface area contributed by atoms with Gasteiger partial charge in [-0.15, -0.1) is 0 Å². The summed E-state index contributed by atoms with van der Waals surface area (Å²) in [6, 6.07) is 32.5. The molecule has 0 saturated carbocycles. The number of carbonyl (C=O) groups excluding carboxylic acids is 2. The maximum atomic E-state index is 12.8. The number of carbonyl (C=O) groups is 2. The van der Waals surface area contributed by atoms with Crippen LogP contribution in [0.4, 0.5) is 11.4 Å². The van der Waals surface area contributed by atoms with E-state index in [1.807, 2.05) is 71.6 Å². The van der Waals surface area contributed by atoms with Crippen LogP contribution in [0.2, 0.25) is 0 Å². The standard InChI is InChI=1S/C32H30N4O3S/c1-39-29-17-11-26(12-18-29)31(38)36-21-19-35(20-22-36)28-15-13-27(14-16-28)33-32(40)34-30(37)25-9-7-24(8-10-25)23-5-3-2-4-6-23/h2-18H,19-22H2,1H3,(H2,33,34,37,40). The molecule has 40 heavy (non-hydrogen) atoms. The second-order valence-corrected chi connectivity index (χ2v) is 9.81. The molecule has 202 valence electrons. The van der Waals surface area contributed by atoms with Gasteiger partial charge >= 0.3 is 0 Å². The van der Waals surface area contributed by atoms with Gasteiger partial charge in [0.1, 0.15) is 5.75 Å². The van der Waals surface area contributed by atoms with Crippen molar-refractivity contribution in [3.8, 4) is 16.9 Å². The van der Waals surface area contributed by atoms with Crippen LogP contribution in [-0.4, -0.2) is 55.1 Å². The summed E-state index contributed by atoms with van der Waals surface area (Å²) >= 11 is 5.37. The van der Waals surface area contributed by atoms with Crippen molar-refractivity contribution in [1.82, 2.24) is 10.2 Å². The molecule has 0 aromatic heterocycles. The van der Waals surface area contributed by atoms with Gasteiger partial charge in [0.25, 0.3) is 11.8 Å². The Hall–Kier alpha value is -4.69. The highest BCUT2D eigenvalue weighted by Gasteiger charge is 2.22. The Balaban J connectivity index is 1.10. The minimum absolute atomic E-state index is 0.0320. The van der Waals surface area contributed by atoms with Crippen molar-refractivity contribution in [1.29, 1.82) is 0 Å². The fraction of sp³-hybridized carbons (Fsp3) is 0.156. The molecule has 0 atom stereocenters. The normalized spacial score (nSPS) is 12.9. The smallest absolute Gasteiger partial charge is 0.257 e. The van der Waals surface area contributed by atoms with Gasteiger partial charge in [-0.2, -0.15) is 0 Å². The fourth-order valence-electron chi connectivity index (χ4n) is 4.62. The van der Waals surface area contributed by atoms with Gasteiger partial charge in [-0.05, 0) is 84.0 Å². The summed E-state index contributed by atoms with van der Waals surface area (Å²) in [6.07, 6.45) is 0. The molecule has 5 rings (SSSR count). The van der Waals surface area contributed by atoms with E-state index >= 15 is 0 Å². The highest BCUT2D eigenvalue weighted by Crippen LogP contribution is 2.22. The zero-order chi connectivity index (χ0) is 27.9. The van der Waals surface area contributed by atoms with Crippen molar-refractivity contribution >= 4 is 40.5 Å². The lowest BCUT2D eigenvalue weighted by Gasteiger charge is -2.36. The van der Waals surface area contributed by atoms with E-state index in [4.69, 9.17) is 17.0 Å². The number of thiocarbonyl (C=S) groups is 1. The van der Waals surface area contributed by atoms with Crippen molar-refractivity contribution in [2.24, 2.45) is 0 Å². The lowest BCUT2D eigenvalue weighted by Crippen LogP contribution is -2.48. The fourth-order valence-corrected chi connectivity index (χ4v) is 4.83. The molecule has 4 aromatic rings. The minimum Gasteiger partial charge on any atom is -0.497 e. The zero-order valence-electron chi connectivity index (χ0n) is 22.2. The van der Waals surface area contributed by atoms with E-state index in [2.05, 4.69) is 15.5 Å². The molecule has 0 aliphatic carbocycles. The number of rotatable bonds is 6. The lowest BCUT2D eigenvalue weighted by molar-refractivity contribution is 0.0746. The van der Waals surface area contributed by atoms with E-state index in [1.165, 1.54) is 0 Å². The number of nitrogens with zero attached hydrogens (tertiary/aromatic N) is 2. The van der Waals surface area contributed by atoms with Crippen LogP contribution in [-0.2, 0) is 0 Å². The van der Waals surface area contributed by atoms with Gasteiger partial charge in [0.2, 0.25) is 0 Å². The van der Waals surface area contributed by atoms with Crippen LogP contribution < -0.4 is 20.3 Å². The Labute approximate surface area is 239 Å². The van der Waals surface area contributed by atoms with Crippen molar-refractivity contribution in [3.63, 3.8) is 0 Å². The third-order valence-corrected chi connectivity index (χ3v) is 7.08. The molecule has 1 fully saturated rings. The van der Waals surface area contributed by atoms with E-state index in [-0.39, 0.29) is 16.9 Å². The highest BCUT2D eigenvalue weighted by atomic mass is 32.1. The number of methoxy groups -OCH3 is 1. The van der Waals surface area contributed by atoms with Gasteiger partial charge in [0.05, 0.1) is 7.11 Å². The number of anilines is 2. The van der Waals surface area contributed by atoms with E-state index < -0.39 is 0 Å². The Morgan fingerprint density at radius 1 is 0.725 bits per heavy atom. The van der Waals surface area contributed by atoms with Crippen molar-refractivity contribution < 1.29 is 14.3 Å². The van der Waals surface area contributed by atoms with Crippen LogP contribution in [0.5, 0.6) is 5.75 Å². The van der Waals surface area contributed by atoms with Gasteiger partial charge in [-0.3, -0.25) is 14.9 Å². The molecule has 1 saturated heterocycles. The van der Waals surface area contributed by atoms with Gasteiger partial charge in [0, 0.05) is 48.7 Å². The number of hydrogen-bond acceptors (Lipinski definition) is 5. The van der Waals surface area contributed by atoms with Crippen LogP contribution >= 0.6 is 12.2 Å². The highest BCUT2D eigenvalue weighted by molar-refractivity contribution is 7.80. The van der Waals surface area contributed by atoms with Crippen LogP contribution in [0.3, 0.4) is 0 Å². The first kappa shape index (κ1) is 26.9. The Bertz CT molecular complexity index is 1470. The van der Waals surface area contributed by atoms with Gasteiger partial charge in [-0.25, -0.2) is 0 Å². The maximum Gasteiger partial charge on any atom is 0.257 e. The quantitative estimate of drug-likeness (QED) is 0.311. The predicted octanol–water partition coefficient (Wildman–Crippen LogP) is 5.45. The van der Waals surface area contributed by atoms with Crippen LogP contribution in [0.1, 0.15) is 20.7 Å². The van der Waals surface area contributed by atoms with Crippen LogP contribution in [0.15, 0.2) is 103 Å². The molecular formula is C32H30N4O3S. The van der Waals surface area contributed by atoms with E-state index in [0.29, 0.717) is 24.2 Å². The Morgan fingerprint density at radius 2 is 1.32 bits per heavy atom. The summed E-state index contributed by atoms with van der Waals surface area (Å²) in [7, 11) is 1.61. The molecule has 1 aliphatic rings. The first-order chi connectivity index (χ1) is 19.5. The summed E-state index contributed by atoms with van der Waals surface area (Å²) in [5, 5.41) is 6.05. The molecule has 8 heteroatoms. The Kier molecular flexibility index (Phi) is 8.37. The molecule has 1 heterocycles. The van der Waals surface area contributed by atoms with Gasteiger partial charge in [0.15, 0.2) is 5.11 Å². The summed E-state index contributed by atoms with van der Waals surface area (Å²) in [6.45, 7) is 2.78. The topological polar surface area (TPSA) is 73.9 Å².